The van der Waals surface area contributed by atoms with Gasteiger partial charge in [-0.2, -0.15) is 0 Å². The molecule has 2 N–H and O–H groups in total. The van der Waals surface area contributed by atoms with Gasteiger partial charge in [0, 0.05) is 24.1 Å². The van der Waals surface area contributed by atoms with Crippen LogP contribution in [-0.2, 0) is 6.54 Å². The van der Waals surface area contributed by atoms with Gasteiger partial charge in [-0.25, -0.2) is 4.98 Å². The Morgan fingerprint density at radius 3 is 2.81 bits per heavy atom. The number of aromatic nitrogens is 1. The minimum absolute atomic E-state index is 0.136. The first kappa shape index (κ1) is 14.9. The number of hydrogen-bond donors (Lipinski definition) is 2. The molecule has 7 nitrogen and oxygen atoms in total. The average Bonchev–Trinajstić information content (AvgIpc) is 2.89. The number of rotatable bonds is 5. The Labute approximate surface area is 125 Å². The minimum Gasteiger partial charge on any atom is -0.374 e. The Bertz CT molecular complexity index is 684. The fourth-order valence-electron chi connectivity index (χ4n) is 1.79. The van der Waals surface area contributed by atoms with Crippen molar-refractivity contribution in [1.29, 1.82) is 0 Å². The molecule has 0 fully saturated rings. The van der Waals surface area contributed by atoms with E-state index in [4.69, 9.17) is 0 Å². The summed E-state index contributed by atoms with van der Waals surface area (Å²) in [4.78, 5) is 26.4. The maximum atomic E-state index is 11.5. The monoisotopic (exact) mass is 306 g/mol. The van der Waals surface area contributed by atoms with Crippen molar-refractivity contribution in [3.05, 3.63) is 50.0 Å². The molecule has 110 valence electrons. The number of anilines is 1. The summed E-state index contributed by atoms with van der Waals surface area (Å²) in [5, 5.41) is 19.4. The molecule has 0 saturated carbocycles. The highest BCUT2D eigenvalue weighted by Gasteiger charge is 2.17. The van der Waals surface area contributed by atoms with E-state index >= 15 is 0 Å². The zero-order chi connectivity index (χ0) is 15.4. The molecular formula is C13H14N4O3S. The second kappa shape index (κ2) is 6.31. The van der Waals surface area contributed by atoms with Gasteiger partial charge in [0.25, 0.3) is 11.6 Å². The number of carbonyl (C=O) groups excluding carboxylic acids is 1. The predicted octanol–water partition coefficient (Wildman–Crippen LogP) is 2.33. The lowest BCUT2D eigenvalue weighted by Gasteiger charge is -2.07. The van der Waals surface area contributed by atoms with Gasteiger partial charge in [0.15, 0.2) is 0 Å². The summed E-state index contributed by atoms with van der Waals surface area (Å²) in [6.45, 7) is 2.29. The maximum absolute atomic E-state index is 11.5. The first-order valence-corrected chi connectivity index (χ1v) is 7.04. The van der Waals surface area contributed by atoms with Crippen molar-refractivity contribution in [2.75, 3.05) is 12.4 Å². The Balaban J connectivity index is 2.22. The van der Waals surface area contributed by atoms with E-state index in [-0.39, 0.29) is 17.2 Å². The molecule has 0 saturated heterocycles. The second-order valence-electron chi connectivity index (χ2n) is 4.28. The highest BCUT2D eigenvalue weighted by Crippen LogP contribution is 2.26. The molecule has 1 heterocycles. The quantitative estimate of drug-likeness (QED) is 0.652. The third kappa shape index (κ3) is 3.54. The molecular weight excluding hydrogens is 292 g/mol. The number of benzene rings is 1. The van der Waals surface area contributed by atoms with Gasteiger partial charge < -0.3 is 10.6 Å². The maximum Gasteiger partial charge on any atom is 0.293 e. The molecule has 0 aliphatic carbocycles. The van der Waals surface area contributed by atoms with Crippen molar-refractivity contribution >= 4 is 28.6 Å². The fourth-order valence-corrected chi connectivity index (χ4v) is 2.41. The molecule has 1 aromatic heterocycles. The number of nitrogens with zero attached hydrogens (tertiary/aromatic N) is 2. The van der Waals surface area contributed by atoms with E-state index in [2.05, 4.69) is 15.6 Å². The number of nitro benzene ring substituents is 1. The van der Waals surface area contributed by atoms with Gasteiger partial charge in [-0.3, -0.25) is 14.9 Å². The average molecular weight is 306 g/mol. The number of hydrogen-bond acceptors (Lipinski definition) is 6. The number of amides is 1. The van der Waals surface area contributed by atoms with E-state index in [9.17, 15) is 14.9 Å². The molecule has 0 unspecified atom stereocenters. The third-order valence-electron chi connectivity index (χ3n) is 2.81. The largest absolute Gasteiger partial charge is 0.374 e. The van der Waals surface area contributed by atoms with Crippen LogP contribution in [0, 0.1) is 17.0 Å². The van der Waals surface area contributed by atoms with E-state index in [0.717, 1.165) is 10.7 Å². The smallest absolute Gasteiger partial charge is 0.293 e. The molecule has 0 atom stereocenters. The molecule has 1 aromatic carbocycles. The van der Waals surface area contributed by atoms with Gasteiger partial charge in [-0.05, 0) is 19.1 Å². The standard InChI is InChI=1S/C13H14N4O3S/c1-8-16-10(7-21-8)6-15-11-4-3-9(13(18)14-2)5-12(11)17(19)20/h3-5,7,15H,6H2,1-2H3,(H,14,18). The second-order valence-corrected chi connectivity index (χ2v) is 5.34. The number of nitrogens with one attached hydrogen (secondary N) is 2. The van der Waals surface area contributed by atoms with Gasteiger partial charge in [-0.15, -0.1) is 11.3 Å². The van der Waals surface area contributed by atoms with Crippen LogP contribution in [0.5, 0.6) is 0 Å². The van der Waals surface area contributed by atoms with E-state index in [1.165, 1.54) is 30.5 Å². The van der Waals surface area contributed by atoms with E-state index < -0.39 is 4.92 Å². The fraction of sp³-hybridized carbons (Fsp3) is 0.231. The van der Waals surface area contributed by atoms with Gasteiger partial charge in [-0.1, -0.05) is 0 Å². The zero-order valence-electron chi connectivity index (χ0n) is 11.5. The Morgan fingerprint density at radius 1 is 1.48 bits per heavy atom. The normalized spacial score (nSPS) is 10.2. The number of thiazole rings is 1. The van der Waals surface area contributed by atoms with Crippen LogP contribution in [0.15, 0.2) is 23.6 Å². The lowest BCUT2D eigenvalue weighted by Crippen LogP contribution is -2.18. The van der Waals surface area contributed by atoms with Crippen LogP contribution in [0.2, 0.25) is 0 Å². The van der Waals surface area contributed by atoms with Crippen LogP contribution in [-0.4, -0.2) is 22.9 Å². The highest BCUT2D eigenvalue weighted by atomic mass is 32.1. The summed E-state index contributed by atoms with van der Waals surface area (Å²) in [7, 11) is 1.48. The van der Waals surface area contributed by atoms with Crippen LogP contribution < -0.4 is 10.6 Å². The van der Waals surface area contributed by atoms with Crippen LogP contribution in [0.25, 0.3) is 0 Å². The summed E-state index contributed by atoms with van der Waals surface area (Å²) >= 11 is 1.52. The van der Waals surface area contributed by atoms with Crippen molar-refractivity contribution in [3.8, 4) is 0 Å². The summed E-state index contributed by atoms with van der Waals surface area (Å²) < 4.78 is 0. The zero-order valence-corrected chi connectivity index (χ0v) is 12.4. The molecule has 2 aromatic rings. The molecule has 0 aliphatic rings. The summed E-state index contributed by atoms with van der Waals surface area (Å²) in [5.41, 5.74) is 1.29. The number of nitro groups is 1. The molecule has 0 aliphatic heterocycles. The van der Waals surface area contributed by atoms with Crippen molar-refractivity contribution in [2.45, 2.75) is 13.5 Å². The number of carbonyl (C=O) groups is 1. The van der Waals surface area contributed by atoms with Crippen LogP contribution in [0.4, 0.5) is 11.4 Å². The van der Waals surface area contributed by atoms with Gasteiger partial charge in [0.2, 0.25) is 0 Å². The van der Waals surface area contributed by atoms with Crippen molar-refractivity contribution < 1.29 is 9.72 Å². The van der Waals surface area contributed by atoms with Gasteiger partial charge in [0.1, 0.15) is 5.69 Å². The van der Waals surface area contributed by atoms with Gasteiger partial charge in [0.05, 0.1) is 22.2 Å². The lowest BCUT2D eigenvalue weighted by molar-refractivity contribution is -0.384. The molecule has 0 bridgehead atoms. The highest BCUT2D eigenvalue weighted by molar-refractivity contribution is 7.09. The lowest BCUT2D eigenvalue weighted by atomic mass is 10.1. The number of aryl methyl sites for hydroxylation is 1. The van der Waals surface area contributed by atoms with Crippen LogP contribution in [0.3, 0.4) is 0 Å². The molecule has 2 rings (SSSR count). The SMILES string of the molecule is CNC(=O)c1ccc(NCc2csc(C)n2)c([N+](=O)[O-])c1. The van der Waals surface area contributed by atoms with Crippen molar-refractivity contribution in [3.63, 3.8) is 0 Å². The Morgan fingerprint density at radius 2 is 2.24 bits per heavy atom. The van der Waals surface area contributed by atoms with Crippen molar-refractivity contribution in [2.24, 2.45) is 0 Å². The van der Waals surface area contributed by atoms with Gasteiger partial charge >= 0.3 is 0 Å². The molecule has 0 spiro atoms. The summed E-state index contributed by atoms with van der Waals surface area (Å²) in [5.74, 6) is -0.361. The van der Waals surface area contributed by atoms with Crippen molar-refractivity contribution in [1.82, 2.24) is 10.3 Å². The van der Waals surface area contributed by atoms with E-state index in [1.54, 1.807) is 6.07 Å². The van der Waals surface area contributed by atoms with Crippen LogP contribution >= 0.6 is 11.3 Å². The first-order valence-electron chi connectivity index (χ1n) is 6.16. The van der Waals surface area contributed by atoms with E-state index in [1.807, 2.05) is 12.3 Å². The van der Waals surface area contributed by atoms with E-state index in [0.29, 0.717) is 12.2 Å². The Kier molecular flexibility index (Phi) is 4.49. The molecule has 8 heteroatoms. The topological polar surface area (TPSA) is 97.2 Å². The summed E-state index contributed by atoms with van der Waals surface area (Å²) in [6.07, 6.45) is 0. The third-order valence-corrected chi connectivity index (χ3v) is 3.63. The predicted molar refractivity (Wildman–Crippen MR) is 80.7 cm³/mol. The molecule has 21 heavy (non-hydrogen) atoms. The minimum atomic E-state index is -0.513. The Hall–Kier alpha value is -2.48. The molecule has 0 radical (unpaired) electrons. The van der Waals surface area contributed by atoms with Crippen LogP contribution in [0.1, 0.15) is 21.1 Å². The molecule has 1 amide bonds. The first-order chi connectivity index (χ1) is 10.0. The summed E-state index contributed by atoms with van der Waals surface area (Å²) in [6, 6.07) is 4.33.